The van der Waals surface area contributed by atoms with E-state index in [1.165, 1.54) is 12.1 Å². The van der Waals surface area contributed by atoms with Crippen molar-refractivity contribution in [2.45, 2.75) is 6.92 Å². The van der Waals surface area contributed by atoms with E-state index in [4.69, 9.17) is 4.42 Å². The molecule has 0 saturated carbocycles. The van der Waals surface area contributed by atoms with Crippen molar-refractivity contribution in [2.75, 3.05) is 0 Å². The van der Waals surface area contributed by atoms with Crippen molar-refractivity contribution in [3.63, 3.8) is 0 Å². The van der Waals surface area contributed by atoms with Crippen molar-refractivity contribution in [1.82, 2.24) is 0 Å². The van der Waals surface area contributed by atoms with Crippen LogP contribution in [0.25, 0.3) is 11.0 Å². The van der Waals surface area contributed by atoms with Crippen LogP contribution < -0.4 is 5.63 Å². The summed E-state index contributed by atoms with van der Waals surface area (Å²) in [4.78, 5) is 21.6. The van der Waals surface area contributed by atoms with Crippen molar-refractivity contribution in [3.05, 3.63) is 39.1 Å². The van der Waals surface area contributed by atoms with Crippen molar-refractivity contribution in [3.8, 4) is 5.75 Å². The predicted molar refractivity (Wildman–Crippen MR) is 54.3 cm³/mol. The molecule has 0 amide bonds. The lowest BCUT2D eigenvalue weighted by molar-refractivity contribution is 0.474. The van der Waals surface area contributed by atoms with Gasteiger partial charge in [-0.1, -0.05) is 0 Å². The zero-order valence-electron chi connectivity index (χ0n) is 7.85. The topological polar surface area (TPSA) is 79.9 Å². The van der Waals surface area contributed by atoms with Gasteiger partial charge in [0.15, 0.2) is 11.3 Å². The summed E-state index contributed by atoms with van der Waals surface area (Å²) in [6.07, 6.45) is 0. The second-order valence-corrected chi connectivity index (χ2v) is 3.15. The zero-order chi connectivity index (χ0) is 11.0. The Morgan fingerprint density at radius 1 is 1.40 bits per heavy atom. The number of hydrogen-bond donors (Lipinski definition) is 1. The Kier molecular flexibility index (Phi) is 2.00. The molecule has 0 aliphatic carbocycles. The van der Waals surface area contributed by atoms with Gasteiger partial charge in [-0.15, -0.1) is 4.91 Å². The summed E-state index contributed by atoms with van der Waals surface area (Å²) in [7, 11) is 0. The maximum atomic E-state index is 11.1. The standard InChI is InChI=1S/C10H7NO4/c1-5-4-8(13)15-10-6(5)2-3-7(12)9(10)11-14/h2-4,12H,1H3. The van der Waals surface area contributed by atoms with E-state index in [0.717, 1.165) is 0 Å². The summed E-state index contributed by atoms with van der Waals surface area (Å²) in [6, 6.07) is 4.22. The zero-order valence-corrected chi connectivity index (χ0v) is 7.85. The number of fused-ring (bicyclic) bond motifs is 1. The Hall–Kier alpha value is -2.17. The summed E-state index contributed by atoms with van der Waals surface area (Å²) >= 11 is 0. The van der Waals surface area contributed by atoms with Gasteiger partial charge in [0, 0.05) is 11.5 Å². The van der Waals surface area contributed by atoms with Crippen LogP contribution in [0.2, 0.25) is 0 Å². The smallest absolute Gasteiger partial charge is 0.336 e. The van der Waals surface area contributed by atoms with Gasteiger partial charge in [0.25, 0.3) is 0 Å². The van der Waals surface area contributed by atoms with E-state index in [-0.39, 0.29) is 17.0 Å². The molecule has 0 radical (unpaired) electrons. The second-order valence-electron chi connectivity index (χ2n) is 3.15. The first-order chi connectivity index (χ1) is 7.13. The SMILES string of the molecule is Cc1cc(=O)oc2c(N=O)c(O)ccc12. The summed E-state index contributed by atoms with van der Waals surface area (Å²) in [5.74, 6) is -0.300. The molecule has 5 nitrogen and oxygen atoms in total. The molecule has 2 aromatic rings. The van der Waals surface area contributed by atoms with Crippen LogP contribution >= 0.6 is 0 Å². The fraction of sp³-hybridized carbons (Fsp3) is 0.100. The Labute approximate surface area is 83.9 Å². The van der Waals surface area contributed by atoms with Crippen molar-refractivity contribution in [1.29, 1.82) is 0 Å². The number of aromatic hydroxyl groups is 1. The third kappa shape index (κ3) is 1.38. The van der Waals surface area contributed by atoms with E-state index < -0.39 is 5.63 Å². The Morgan fingerprint density at radius 2 is 2.13 bits per heavy atom. The molecular weight excluding hydrogens is 198 g/mol. The molecule has 1 aromatic heterocycles. The molecule has 0 fully saturated rings. The van der Waals surface area contributed by atoms with Gasteiger partial charge in [0.05, 0.1) is 0 Å². The molecule has 0 bridgehead atoms. The van der Waals surface area contributed by atoms with Crippen LogP contribution in [-0.4, -0.2) is 5.11 Å². The molecule has 0 saturated heterocycles. The van der Waals surface area contributed by atoms with Crippen LogP contribution in [0.5, 0.6) is 5.75 Å². The number of aryl methyl sites for hydroxylation is 1. The van der Waals surface area contributed by atoms with Crippen LogP contribution in [0.4, 0.5) is 5.69 Å². The van der Waals surface area contributed by atoms with Gasteiger partial charge in [0.2, 0.25) is 0 Å². The van der Waals surface area contributed by atoms with Crippen LogP contribution in [0.1, 0.15) is 5.56 Å². The molecule has 1 heterocycles. The van der Waals surface area contributed by atoms with Crippen LogP contribution in [-0.2, 0) is 0 Å². The van der Waals surface area contributed by atoms with Crippen molar-refractivity contribution < 1.29 is 9.52 Å². The van der Waals surface area contributed by atoms with E-state index in [0.29, 0.717) is 10.9 Å². The van der Waals surface area contributed by atoms with Gasteiger partial charge in [-0.3, -0.25) is 0 Å². The first-order valence-electron chi connectivity index (χ1n) is 4.23. The van der Waals surface area contributed by atoms with Crippen LogP contribution in [0, 0.1) is 11.8 Å². The number of rotatable bonds is 1. The first-order valence-corrected chi connectivity index (χ1v) is 4.23. The highest BCUT2D eigenvalue weighted by molar-refractivity contribution is 5.92. The van der Waals surface area contributed by atoms with Gasteiger partial charge >= 0.3 is 5.63 Å². The molecular formula is C10H7NO4. The lowest BCUT2D eigenvalue weighted by Crippen LogP contribution is -1.97. The molecule has 0 aliphatic heterocycles. The fourth-order valence-electron chi connectivity index (χ4n) is 1.45. The molecule has 0 atom stereocenters. The van der Waals surface area contributed by atoms with Gasteiger partial charge in [0.1, 0.15) is 5.75 Å². The quantitative estimate of drug-likeness (QED) is 0.571. The Balaban J connectivity index is 3.04. The highest BCUT2D eigenvalue weighted by Crippen LogP contribution is 2.34. The minimum Gasteiger partial charge on any atom is -0.505 e. The fourth-order valence-corrected chi connectivity index (χ4v) is 1.45. The average molecular weight is 205 g/mol. The Morgan fingerprint density at radius 3 is 2.80 bits per heavy atom. The molecule has 1 N–H and O–H groups in total. The number of nitrogens with zero attached hydrogens (tertiary/aromatic N) is 1. The van der Waals surface area contributed by atoms with Gasteiger partial charge in [-0.05, 0) is 29.8 Å². The largest absolute Gasteiger partial charge is 0.505 e. The second kappa shape index (κ2) is 3.20. The van der Waals surface area contributed by atoms with Gasteiger partial charge in [-0.2, -0.15) is 0 Å². The number of benzene rings is 1. The number of phenolic OH excluding ortho intramolecular Hbond substituents is 1. The molecule has 1 aromatic carbocycles. The van der Waals surface area contributed by atoms with Gasteiger partial charge < -0.3 is 9.52 Å². The predicted octanol–water partition coefficient (Wildman–Crippen LogP) is 2.20. The molecule has 5 heteroatoms. The van der Waals surface area contributed by atoms with E-state index in [9.17, 15) is 14.8 Å². The number of phenols is 1. The molecule has 15 heavy (non-hydrogen) atoms. The van der Waals surface area contributed by atoms with E-state index in [1.54, 1.807) is 13.0 Å². The highest BCUT2D eigenvalue weighted by Gasteiger charge is 2.12. The van der Waals surface area contributed by atoms with E-state index in [2.05, 4.69) is 5.18 Å². The highest BCUT2D eigenvalue weighted by atomic mass is 16.4. The molecule has 0 spiro atoms. The van der Waals surface area contributed by atoms with E-state index in [1.807, 2.05) is 0 Å². The number of nitroso groups, excluding NO2 is 1. The summed E-state index contributed by atoms with van der Waals surface area (Å²) < 4.78 is 4.84. The summed E-state index contributed by atoms with van der Waals surface area (Å²) in [6.45, 7) is 1.71. The molecule has 0 aliphatic rings. The third-order valence-corrected chi connectivity index (χ3v) is 2.16. The van der Waals surface area contributed by atoms with Crippen LogP contribution in [0.3, 0.4) is 0 Å². The minimum atomic E-state index is -0.574. The minimum absolute atomic E-state index is 0.0231. The van der Waals surface area contributed by atoms with Crippen LogP contribution in [0.15, 0.2) is 32.6 Å². The normalized spacial score (nSPS) is 10.5. The number of hydrogen-bond acceptors (Lipinski definition) is 5. The van der Waals surface area contributed by atoms with Gasteiger partial charge in [-0.25, -0.2) is 4.79 Å². The summed E-state index contributed by atoms with van der Waals surface area (Å²) in [5, 5.41) is 12.6. The average Bonchev–Trinajstić information content (AvgIpc) is 2.17. The monoisotopic (exact) mass is 205 g/mol. The molecule has 76 valence electrons. The maximum Gasteiger partial charge on any atom is 0.336 e. The maximum absolute atomic E-state index is 11.1. The lowest BCUT2D eigenvalue weighted by atomic mass is 10.1. The lowest BCUT2D eigenvalue weighted by Gasteiger charge is -2.02. The van der Waals surface area contributed by atoms with Crippen molar-refractivity contribution >= 4 is 16.7 Å². The summed E-state index contributed by atoms with van der Waals surface area (Å²) in [5.41, 5.74) is -0.120. The molecule has 2 rings (SSSR count). The first kappa shape index (κ1) is 9.39. The molecule has 0 unspecified atom stereocenters. The Bertz CT molecular complexity index is 600. The third-order valence-electron chi connectivity index (χ3n) is 2.16. The van der Waals surface area contributed by atoms with E-state index >= 15 is 0 Å². The van der Waals surface area contributed by atoms with Crippen molar-refractivity contribution in [2.24, 2.45) is 5.18 Å².